The fourth-order valence-electron chi connectivity index (χ4n) is 1.65. The molecule has 0 aliphatic carbocycles. The van der Waals surface area contributed by atoms with Crippen molar-refractivity contribution in [2.75, 3.05) is 12.4 Å². The summed E-state index contributed by atoms with van der Waals surface area (Å²) in [5.41, 5.74) is 0.563. The van der Waals surface area contributed by atoms with Gasteiger partial charge in [0.15, 0.2) is 11.6 Å². The van der Waals surface area contributed by atoms with Gasteiger partial charge in [0.1, 0.15) is 16.8 Å². The van der Waals surface area contributed by atoms with E-state index >= 15 is 0 Å². The molecule has 6 heteroatoms. The third-order valence-electron chi connectivity index (χ3n) is 2.65. The minimum Gasteiger partial charge on any atom is -0.494 e. The summed E-state index contributed by atoms with van der Waals surface area (Å²) in [7, 11) is 1.42. The van der Waals surface area contributed by atoms with Gasteiger partial charge in [-0.05, 0) is 12.1 Å². The summed E-state index contributed by atoms with van der Waals surface area (Å²) >= 11 is 5.95. The van der Waals surface area contributed by atoms with Crippen molar-refractivity contribution in [3.63, 3.8) is 0 Å². The Labute approximate surface area is 122 Å². The predicted octanol–water partition coefficient (Wildman–Crippen LogP) is 4.14. The van der Waals surface area contributed by atoms with Crippen molar-refractivity contribution in [2.45, 2.75) is 19.8 Å². The molecule has 0 spiro atoms. The SMILES string of the molecule is COc1ccc(Nc2cc(Cl)nc(C(C)C)n2)cc1F. The molecule has 1 N–H and O–H groups in total. The van der Waals surface area contributed by atoms with Crippen molar-refractivity contribution in [3.05, 3.63) is 41.1 Å². The number of halogens is 2. The largest absolute Gasteiger partial charge is 0.494 e. The van der Waals surface area contributed by atoms with Gasteiger partial charge in [-0.1, -0.05) is 25.4 Å². The van der Waals surface area contributed by atoms with Gasteiger partial charge in [0.25, 0.3) is 0 Å². The van der Waals surface area contributed by atoms with E-state index in [1.165, 1.54) is 13.2 Å². The summed E-state index contributed by atoms with van der Waals surface area (Å²) in [6, 6.07) is 6.18. The van der Waals surface area contributed by atoms with E-state index in [1.807, 2.05) is 13.8 Å². The monoisotopic (exact) mass is 295 g/mol. The minimum atomic E-state index is -0.443. The Balaban J connectivity index is 2.27. The van der Waals surface area contributed by atoms with Gasteiger partial charge in [-0.3, -0.25) is 0 Å². The number of methoxy groups -OCH3 is 1. The van der Waals surface area contributed by atoms with Crippen LogP contribution >= 0.6 is 11.6 Å². The van der Waals surface area contributed by atoms with E-state index in [2.05, 4.69) is 15.3 Å². The van der Waals surface area contributed by atoms with Crippen LogP contribution in [0.5, 0.6) is 5.75 Å². The lowest BCUT2D eigenvalue weighted by Gasteiger charge is -2.10. The molecule has 0 amide bonds. The highest BCUT2D eigenvalue weighted by Crippen LogP contribution is 2.24. The molecule has 0 unspecified atom stereocenters. The third-order valence-corrected chi connectivity index (χ3v) is 2.85. The Morgan fingerprint density at radius 3 is 2.60 bits per heavy atom. The first-order valence-corrected chi connectivity index (χ1v) is 6.52. The Morgan fingerprint density at radius 2 is 2.00 bits per heavy atom. The highest BCUT2D eigenvalue weighted by atomic mass is 35.5. The molecule has 1 heterocycles. The molecule has 0 saturated carbocycles. The summed E-state index contributed by atoms with van der Waals surface area (Å²) in [5, 5.41) is 3.35. The van der Waals surface area contributed by atoms with Crippen LogP contribution < -0.4 is 10.1 Å². The van der Waals surface area contributed by atoms with Crippen molar-refractivity contribution < 1.29 is 9.13 Å². The molecule has 2 aromatic rings. The van der Waals surface area contributed by atoms with Crippen LogP contribution in [-0.4, -0.2) is 17.1 Å². The van der Waals surface area contributed by atoms with E-state index < -0.39 is 5.82 Å². The number of hydrogen-bond acceptors (Lipinski definition) is 4. The molecule has 20 heavy (non-hydrogen) atoms. The van der Waals surface area contributed by atoms with Crippen LogP contribution in [-0.2, 0) is 0 Å². The number of benzene rings is 1. The van der Waals surface area contributed by atoms with Gasteiger partial charge < -0.3 is 10.1 Å². The first-order chi connectivity index (χ1) is 9.49. The third kappa shape index (κ3) is 3.36. The van der Waals surface area contributed by atoms with E-state index in [-0.39, 0.29) is 11.7 Å². The maximum atomic E-state index is 13.6. The molecular weight excluding hydrogens is 281 g/mol. The van der Waals surface area contributed by atoms with Gasteiger partial charge in [-0.25, -0.2) is 14.4 Å². The topological polar surface area (TPSA) is 47.0 Å². The summed E-state index contributed by atoms with van der Waals surface area (Å²) in [6.07, 6.45) is 0. The van der Waals surface area contributed by atoms with E-state index in [0.29, 0.717) is 22.5 Å². The van der Waals surface area contributed by atoms with E-state index in [4.69, 9.17) is 16.3 Å². The first-order valence-electron chi connectivity index (χ1n) is 6.14. The molecule has 106 valence electrons. The van der Waals surface area contributed by atoms with Gasteiger partial charge in [0.05, 0.1) is 7.11 Å². The second kappa shape index (κ2) is 6.05. The molecular formula is C14H15ClFN3O. The molecule has 0 saturated heterocycles. The Morgan fingerprint density at radius 1 is 1.25 bits per heavy atom. The fraction of sp³-hybridized carbons (Fsp3) is 0.286. The Hall–Kier alpha value is -1.88. The van der Waals surface area contributed by atoms with Crippen molar-refractivity contribution in [1.29, 1.82) is 0 Å². The second-order valence-electron chi connectivity index (χ2n) is 4.56. The summed E-state index contributed by atoms with van der Waals surface area (Å²) in [6.45, 7) is 3.95. The Bertz CT molecular complexity index is 619. The molecule has 0 atom stereocenters. The van der Waals surface area contributed by atoms with E-state index in [1.54, 1.807) is 18.2 Å². The number of nitrogens with one attached hydrogen (secondary N) is 1. The van der Waals surface area contributed by atoms with Gasteiger partial charge in [-0.2, -0.15) is 0 Å². The maximum Gasteiger partial charge on any atom is 0.167 e. The predicted molar refractivity (Wildman–Crippen MR) is 77.4 cm³/mol. The number of rotatable bonds is 4. The number of ether oxygens (including phenoxy) is 1. The molecule has 0 aliphatic rings. The van der Waals surface area contributed by atoms with E-state index in [0.717, 1.165) is 0 Å². The Kier molecular flexibility index (Phi) is 4.39. The summed E-state index contributed by atoms with van der Waals surface area (Å²) < 4.78 is 18.5. The molecule has 2 rings (SSSR count). The van der Waals surface area contributed by atoms with Crippen molar-refractivity contribution in [2.24, 2.45) is 0 Å². The second-order valence-corrected chi connectivity index (χ2v) is 4.95. The summed E-state index contributed by atoms with van der Waals surface area (Å²) in [5.74, 6) is 1.06. The quantitative estimate of drug-likeness (QED) is 0.861. The van der Waals surface area contributed by atoms with Crippen LogP contribution in [0.25, 0.3) is 0 Å². The maximum absolute atomic E-state index is 13.6. The fourth-order valence-corrected chi connectivity index (χ4v) is 1.84. The number of aromatic nitrogens is 2. The van der Waals surface area contributed by atoms with Crippen molar-refractivity contribution in [3.8, 4) is 5.75 Å². The highest BCUT2D eigenvalue weighted by Gasteiger charge is 2.08. The van der Waals surface area contributed by atoms with Gasteiger partial charge in [0.2, 0.25) is 0 Å². The number of hydrogen-bond donors (Lipinski definition) is 1. The smallest absolute Gasteiger partial charge is 0.167 e. The first kappa shape index (κ1) is 14.5. The zero-order valence-electron chi connectivity index (χ0n) is 11.4. The normalized spacial score (nSPS) is 10.7. The highest BCUT2D eigenvalue weighted by molar-refractivity contribution is 6.29. The van der Waals surface area contributed by atoms with E-state index in [9.17, 15) is 4.39 Å². The average Bonchev–Trinajstić information content (AvgIpc) is 2.38. The average molecular weight is 296 g/mol. The molecule has 1 aromatic carbocycles. The lowest BCUT2D eigenvalue weighted by Crippen LogP contribution is -2.02. The molecule has 1 aromatic heterocycles. The van der Waals surface area contributed by atoms with Gasteiger partial charge in [-0.15, -0.1) is 0 Å². The summed E-state index contributed by atoms with van der Waals surface area (Å²) in [4.78, 5) is 8.48. The number of nitrogens with zero attached hydrogens (tertiary/aromatic N) is 2. The van der Waals surface area contributed by atoms with Gasteiger partial charge in [0, 0.05) is 23.7 Å². The molecule has 4 nitrogen and oxygen atoms in total. The zero-order chi connectivity index (χ0) is 14.7. The lowest BCUT2D eigenvalue weighted by molar-refractivity contribution is 0.386. The molecule has 0 fully saturated rings. The van der Waals surface area contributed by atoms with Crippen LogP contribution in [0.1, 0.15) is 25.6 Å². The number of anilines is 2. The lowest BCUT2D eigenvalue weighted by atomic mass is 10.2. The van der Waals surface area contributed by atoms with Crippen LogP contribution in [0.3, 0.4) is 0 Å². The van der Waals surface area contributed by atoms with Crippen LogP contribution in [0, 0.1) is 5.82 Å². The van der Waals surface area contributed by atoms with Crippen LogP contribution in [0.2, 0.25) is 5.15 Å². The molecule has 0 radical (unpaired) electrons. The van der Waals surface area contributed by atoms with Crippen LogP contribution in [0.15, 0.2) is 24.3 Å². The van der Waals surface area contributed by atoms with Crippen molar-refractivity contribution in [1.82, 2.24) is 9.97 Å². The zero-order valence-corrected chi connectivity index (χ0v) is 12.2. The van der Waals surface area contributed by atoms with Crippen molar-refractivity contribution >= 4 is 23.1 Å². The van der Waals surface area contributed by atoms with Gasteiger partial charge >= 0.3 is 0 Å². The molecule has 0 bridgehead atoms. The minimum absolute atomic E-state index is 0.154. The molecule has 0 aliphatic heterocycles. The van der Waals surface area contributed by atoms with Crippen LogP contribution in [0.4, 0.5) is 15.9 Å². The standard InChI is InChI=1S/C14H15ClFN3O/c1-8(2)14-18-12(15)7-13(19-14)17-9-4-5-11(20-3)10(16)6-9/h4-8H,1-3H3,(H,17,18,19).